The van der Waals surface area contributed by atoms with E-state index in [1.165, 1.54) is 11.9 Å². The first-order valence-corrected chi connectivity index (χ1v) is 8.29. The summed E-state index contributed by atoms with van der Waals surface area (Å²) in [6.45, 7) is 6.06. The van der Waals surface area contributed by atoms with Gasteiger partial charge in [-0.25, -0.2) is 4.98 Å². The number of benzene rings is 1. The van der Waals surface area contributed by atoms with Crippen LogP contribution < -0.4 is 5.32 Å². The molecule has 6 nitrogen and oxygen atoms in total. The van der Waals surface area contributed by atoms with Crippen LogP contribution in [0.2, 0.25) is 0 Å². The minimum atomic E-state index is 0.479. The summed E-state index contributed by atoms with van der Waals surface area (Å²) in [6.07, 6.45) is 2.57. The molecule has 0 fully saturated rings. The van der Waals surface area contributed by atoms with Crippen molar-refractivity contribution in [2.24, 2.45) is 0 Å². The molecule has 126 valence electrons. The predicted octanol–water partition coefficient (Wildman–Crippen LogP) is 2.76. The minimum Gasteiger partial charge on any atom is -0.370 e. The standard InChI is InChI=1S/C18H24N6/c1-14-11-17(24-18(22-14)20-13-21-24)19-10-9-15(2)23(3)12-16-7-5-4-6-8-16/h4-8,11,13,15,19H,9-10,12H2,1-3H3. The van der Waals surface area contributed by atoms with E-state index in [0.29, 0.717) is 11.8 Å². The molecule has 0 saturated carbocycles. The van der Waals surface area contributed by atoms with Crippen LogP contribution >= 0.6 is 0 Å². The van der Waals surface area contributed by atoms with Crippen LogP contribution in [0.4, 0.5) is 5.82 Å². The van der Waals surface area contributed by atoms with Crippen molar-refractivity contribution in [2.75, 3.05) is 18.9 Å². The Morgan fingerprint density at radius 1 is 1.25 bits per heavy atom. The van der Waals surface area contributed by atoms with E-state index in [2.05, 4.69) is 69.6 Å². The molecule has 1 atom stereocenters. The van der Waals surface area contributed by atoms with Crippen molar-refractivity contribution < 1.29 is 0 Å². The van der Waals surface area contributed by atoms with Crippen LogP contribution in [0.5, 0.6) is 0 Å². The molecule has 0 aliphatic rings. The van der Waals surface area contributed by atoms with E-state index in [1.807, 2.05) is 13.0 Å². The van der Waals surface area contributed by atoms with Crippen molar-refractivity contribution in [3.63, 3.8) is 0 Å². The van der Waals surface area contributed by atoms with Gasteiger partial charge in [-0.15, -0.1) is 0 Å². The van der Waals surface area contributed by atoms with Crippen LogP contribution in [0.15, 0.2) is 42.7 Å². The highest BCUT2D eigenvalue weighted by Crippen LogP contribution is 2.12. The lowest BCUT2D eigenvalue weighted by molar-refractivity contribution is 0.242. The summed E-state index contributed by atoms with van der Waals surface area (Å²) in [5, 5.41) is 7.68. The topological polar surface area (TPSA) is 58.4 Å². The van der Waals surface area contributed by atoms with Gasteiger partial charge >= 0.3 is 0 Å². The van der Waals surface area contributed by atoms with Crippen molar-refractivity contribution in [3.8, 4) is 0 Å². The van der Waals surface area contributed by atoms with Crippen molar-refractivity contribution in [3.05, 3.63) is 54.0 Å². The highest BCUT2D eigenvalue weighted by Gasteiger charge is 2.10. The Morgan fingerprint density at radius 3 is 2.83 bits per heavy atom. The molecule has 1 aromatic carbocycles. The van der Waals surface area contributed by atoms with Gasteiger partial charge in [0.2, 0.25) is 0 Å². The van der Waals surface area contributed by atoms with Gasteiger partial charge < -0.3 is 5.32 Å². The zero-order valence-electron chi connectivity index (χ0n) is 14.5. The highest BCUT2D eigenvalue weighted by atomic mass is 15.3. The van der Waals surface area contributed by atoms with Gasteiger partial charge in [0.05, 0.1) is 0 Å². The molecule has 1 unspecified atom stereocenters. The van der Waals surface area contributed by atoms with Crippen LogP contribution in [-0.4, -0.2) is 44.1 Å². The van der Waals surface area contributed by atoms with Gasteiger partial charge in [0.25, 0.3) is 5.78 Å². The lowest BCUT2D eigenvalue weighted by Crippen LogP contribution is -2.30. The molecule has 2 aromatic heterocycles. The molecule has 3 aromatic rings. The molecular weight excluding hydrogens is 300 g/mol. The van der Waals surface area contributed by atoms with E-state index in [1.54, 1.807) is 4.52 Å². The first-order valence-electron chi connectivity index (χ1n) is 8.29. The third kappa shape index (κ3) is 3.89. The number of aryl methyl sites for hydroxylation is 1. The maximum absolute atomic E-state index is 4.36. The average Bonchev–Trinajstić information content (AvgIpc) is 3.04. The van der Waals surface area contributed by atoms with E-state index in [4.69, 9.17) is 0 Å². The van der Waals surface area contributed by atoms with Gasteiger partial charge in [0, 0.05) is 30.9 Å². The summed E-state index contributed by atoms with van der Waals surface area (Å²) < 4.78 is 1.74. The minimum absolute atomic E-state index is 0.479. The molecule has 1 N–H and O–H groups in total. The van der Waals surface area contributed by atoms with Gasteiger partial charge in [-0.1, -0.05) is 30.3 Å². The number of rotatable bonds is 7. The fourth-order valence-electron chi connectivity index (χ4n) is 2.71. The molecule has 0 amide bonds. The Balaban J connectivity index is 1.54. The van der Waals surface area contributed by atoms with E-state index in [9.17, 15) is 0 Å². The fourth-order valence-corrected chi connectivity index (χ4v) is 2.71. The van der Waals surface area contributed by atoms with Crippen LogP contribution in [0.3, 0.4) is 0 Å². The summed E-state index contributed by atoms with van der Waals surface area (Å²) in [7, 11) is 2.17. The molecule has 0 aliphatic heterocycles. The number of nitrogens with zero attached hydrogens (tertiary/aromatic N) is 5. The van der Waals surface area contributed by atoms with Crippen molar-refractivity contribution in [1.29, 1.82) is 0 Å². The van der Waals surface area contributed by atoms with Gasteiger partial charge in [-0.3, -0.25) is 4.90 Å². The number of hydrogen-bond acceptors (Lipinski definition) is 5. The predicted molar refractivity (Wildman–Crippen MR) is 96.0 cm³/mol. The van der Waals surface area contributed by atoms with Crippen LogP contribution in [0.1, 0.15) is 24.6 Å². The molecule has 24 heavy (non-hydrogen) atoms. The Kier molecular flexibility index (Phi) is 5.05. The first-order chi connectivity index (χ1) is 11.6. The Morgan fingerprint density at radius 2 is 2.04 bits per heavy atom. The van der Waals surface area contributed by atoms with E-state index < -0.39 is 0 Å². The smallest absolute Gasteiger partial charge is 0.254 e. The Labute approximate surface area is 142 Å². The SMILES string of the molecule is Cc1cc(NCCC(C)N(C)Cc2ccccc2)n2ncnc2n1. The lowest BCUT2D eigenvalue weighted by Gasteiger charge is -2.25. The second kappa shape index (κ2) is 7.40. The molecule has 0 spiro atoms. The number of aromatic nitrogens is 4. The van der Waals surface area contributed by atoms with Crippen LogP contribution in [-0.2, 0) is 6.54 Å². The van der Waals surface area contributed by atoms with E-state index in [0.717, 1.165) is 31.0 Å². The van der Waals surface area contributed by atoms with Gasteiger partial charge in [-0.2, -0.15) is 14.6 Å². The number of fused-ring (bicyclic) bond motifs is 1. The third-order valence-corrected chi connectivity index (χ3v) is 4.28. The van der Waals surface area contributed by atoms with Gasteiger partial charge in [0.1, 0.15) is 12.1 Å². The van der Waals surface area contributed by atoms with Gasteiger partial charge in [0.15, 0.2) is 0 Å². The average molecular weight is 324 g/mol. The fraction of sp³-hybridized carbons (Fsp3) is 0.389. The number of hydrogen-bond donors (Lipinski definition) is 1. The largest absolute Gasteiger partial charge is 0.370 e. The van der Waals surface area contributed by atoms with E-state index in [-0.39, 0.29) is 0 Å². The lowest BCUT2D eigenvalue weighted by atomic mass is 10.1. The zero-order chi connectivity index (χ0) is 16.9. The summed E-state index contributed by atoms with van der Waals surface area (Å²) in [5.74, 6) is 1.57. The monoisotopic (exact) mass is 324 g/mol. The summed E-state index contributed by atoms with van der Waals surface area (Å²) in [6, 6.07) is 13.0. The zero-order valence-corrected chi connectivity index (χ0v) is 14.5. The van der Waals surface area contributed by atoms with Crippen molar-refractivity contribution >= 4 is 11.6 Å². The molecular formula is C18H24N6. The number of nitrogens with one attached hydrogen (secondary N) is 1. The maximum atomic E-state index is 4.36. The quantitative estimate of drug-likeness (QED) is 0.724. The Bertz CT molecular complexity index is 783. The van der Waals surface area contributed by atoms with E-state index >= 15 is 0 Å². The van der Waals surface area contributed by atoms with Crippen LogP contribution in [0, 0.1) is 6.92 Å². The third-order valence-electron chi connectivity index (χ3n) is 4.28. The highest BCUT2D eigenvalue weighted by molar-refractivity contribution is 5.44. The second-order valence-corrected chi connectivity index (χ2v) is 6.22. The van der Waals surface area contributed by atoms with Crippen LogP contribution in [0.25, 0.3) is 5.78 Å². The van der Waals surface area contributed by atoms with Gasteiger partial charge in [-0.05, 0) is 32.9 Å². The molecule has 0 radical (unpaired) electrons. The molecule has 0 bridgehead atoms. The molecule has 2 heterocycles. The first kappa shape index (κ1) is 16.4. The number of anilines is 1. The molecule has 0 aliphatic carbocycles. The van der Waals surface area contributed by atoms with Crippen molar-refractivity contribution in [2.45, 2.75) is 32.9 Å². The maximum Gasteiger partial charge on any atom is 0.254 e. The molecule has 6 heteroatoms. The second-order valence-electron chi connectivity index (χ2n) is 6.22. The summed E-state index contributed by atoms with van der Waals surface area (Å²) in [5.41, 5.74) is 2.28. The Hall–Kier alpha value is -2.47. The van der Waals surface area contributed by atoms with Crippen molar-refractivity contribution in [1.82, 2.24) is 24.5 Å². The normalized spacial score (nSPS) is 12.7. The molecule has 3 rings (SSSR count). The summed E-state index contributed by atoms with van der Waals surface area (Å²) in [4.78, 5) is 10.9. The molecule has 0 saturated heterocycles. The summed E-state index contributed by atoms with van der Waals surface area (Å²) >= 11 is 0.